The first-order valence-corrected chi connectivity index (χ1v) is 7.29. The summed E-state index contributed by atoms with van der Waals surface area (Å²) in [6.45, 7) is 1.45. The summed E-state index contributed by atoms with van der Waals surface area (Å²) in [5.41, 5.74) is 1.59. The molecule has 0 aliphatic rings. The van der Waals surface area contributed by atoms with E-state index in [1.165, 1.54) is 6.92 Å². The number of amides is 1. The molecule has 2 aromatic rings. The summed E-state index contributed by atoms with van der Waals surface area (Å²) in [7, 11) is 3.11. The van der Waals surface area contributed by atoms with Crippen LogP contribution >= 0.6 is 0 Å². The molecule has 2 rings (SSSR count). The fourth-order valence-corrected chi connectivity index (χ4v) is 2.15. The van der Waals surface area contributed by atoms with E-state index in [1.54, 1.807) is 56.7 Å². The van der Waals surface area contributed by atoms with Gasteiger partial charge in [-0.05, 0) is 36.4 Å². The monoisotopic (exact) mass is 329 g/mol. The Kier molecular flexibility index (Phi) is 5.78. The third-order valence-corrected chi connectivity index (χ3v) is 3.26. The van der Waals surface area contributed by atoms with Gasteiger partial charge in [0.1, 0.15) is 18.1 Å². The molecule has 6 heteroatoms. The van der Waals surface area contributed by atoms with Gasteiger partial charge in [-0.2, -0.15) is 0 Å². The summed E-state index contributed by atoms with van der Waals surface area (Å²) in [6.07, 6.45) is 0. The molecule has 0 aliphatic carbocycles. The van der Waals surface area contributed by atoms with Crippen LogP contribution in [0.5, 0.6) is 11.5 Å². The van der Waals surface area contributed by atoms with Crippen molar-refractivity contribution < 1.29 is 23.8 Å². The molecule has 0 unspecified atom stereocenters. The lowest BCUT2D eigenvalue weighted by molar-refractivity contribution is -0.114. The van der Waals surface area contributed by atoms with Gasteiger partial charge in [0.2, 0.25) is 5.91 Å². The highest BCUT2D eigenvalue weighted by Crippen LogP contribution is 2.25. The summed E-state index contributed by atoms with van der Waals surface area (Å²) < 4.78 is 15.7. The lowest BCUT2D eigenvalue weighted by Gasteiger charge is -2.11. The van der Waals surface area contributed by atoms with Gasteiger partial charge in [0.15, 0.2) is 0 Å². The molecule has 0 saturated heterocycles. The number of ether oxygens (including phenoxy) is 3. The molecule has 0 atom stereocenters. The first-order valence-electron chi connectivity index (χ1n) is 7.29. The molecule has 0 spiro atoms. The molecule has 2 aromatic carbocycles. The number of carbonyl (C=O) groups is 2. The predicted molar refractivity (Wildman–Crippen MR) is 89.4 cm³/mol. The van der Waals surface area contributed by atoms with Crippen LogP contribution in [0.15, 0.2) is 42.5 Å². The Morgan fingerprint density at radius 3 is 2.50 bits per heavy atom. The average Bonchev–Trinajstić information content (AvgIpc) is 2.59. The normalized spacial score (nSPS) is 9.96. The molecular weight excluding hydrogens is 310 g/mol. The van der Waals surface area contributed by atoms with Crippen LogP contribution in [0.25, 0.3) is 0 Å². The van der Waals surface area contributed by atoms with Crippen molar-refractivity contribution in [2.75, 3.05) is 19.5 Å². The molecule has 1 amide bonds. The van der Waals surface area contributed by atoms with Crippen molar-refractivity contribution in [1.82, 2.24) is 0 Å². The van der Waals surface area contributed by atoms with Crippen molar-refractivity contribution in [3.63, 3.8) is 0 Å². The van der Waals surface area contributed by atoms with E-state index < -0.39 is 5.97 Å². The van der Waals surface area contributed by atoms with E-state index in [9.17, 15) is 9.59 Å². The third-order valence-electron chi connectivity index (χ3n) is 3.26. The number of hydrogen-bond acceptors (Lipinski definition) is 5. The highest BCUT2D eigenvalue weighted by molar-refractivity contribution is 5.93. The van der Waals surface area contributed by atoms with Gasteiger partial charge in [-0.3, -0.25) is 4.79 Å². The van der Waals surface area contributed by atoms with Gasteiger partial charge in [-0.1, -0.05) is 6.07 Å². The Morgan fingerprint density at radius 1 is 1.04 bits per heavy atom. The number of hydrogen-bond donors (Lipinski definition) is 1. The molecule has 0 aliphatic heterocycles. The minimum Gasteiger partial charge on any atom is -0.497 e. The van der Waals surface area contributed by atoms with E-state index in [1.807, 2.05) is 0 Å². The Balaban J connectivity index is 2.09. The van der Waals surface area contributed by atoms with Crippen LogP contribution in [0.3, 0.4) is 0 Å². The molecule has 0 fully saturated rings. The smallest absolute Gasteiger partial charge is 0.338 e. The van der Waals surface area contributed by atoms with Gasteiger partial charge < -0.3 is 19.5 Å². The Morgan fingerprint density at radius 2 is 1.83 bits per heavy atom. The van der Waals surface area contributed by atoms with E-state index >= 15 is 0 Å². The SMILES string of the molecule is COc1ccc(OC)c(COC(=O)c2cccc(NC(C)=O)c2)c1. The van der Waals surface area contributed by atoms with Gasteiger partial charge in [-0.25, -0.2) is 4.79 Å². The van der Waals surface area contributed by atoms with Crippen LogP contribution in [-0.4, -0.2) is 26.1 Å². The van der Waals surface area contributed by atoms with Crippen LogP contribution in [0.1, 0.15) is 22.8 Å². The second-order valence-electron chi connectivity index (χ2n) is 5.02. The molecule has 0 aromatic heterocycles. The van der Waals surface area contributed by atoms with Gasteiger partial charge >= 0.3 is 5.97 Å². The Labute approximate surface area is 140 Å². The maximum atomic E-state index is 12.2. The number of rotatable bonds is 6. The van der Waals surface area contributed by atoms with Crippen LogP contribution in [0.2, 0.25) is 0 Å². The van der Waals surface area contributed by atoms with Gasteiger partial charge in [0, 0.05) is 18.2 Å². The zero-order valence-electron chi connectivity index (χ0n) is 13.8. The summed E-state index contributed by atoms with van der Waals surface area (Å²) in [5, 5.41) is 2.62. The van der Waals surface area contributed by atoms with Gasteiger partial charge in [0.05, 0.1) is 19.8 Å². The van der Waals surface area contributed by atoms with Crippen LogP contribution in [0, 0.1) is 0 Å². The summed E-state index contributed by atoms with van der Waals surface area (Å²) in [6, 6.07) is 11.8. The van der Waals surface area contributed by atoms with Crippen molar-refractivity contribution in [2.24, 2.45) is 0 Å². The van der Waals surface area contributed by atoms with Crippen LogP contribution in [0.4, 0.5) is 5.69 Å². The van der Waals surface area contributed by atoms with E-state index in [-0.39, 0.29) is 12.5 Å². The fraction of sp³-hybridized carbons (Fsp3) is 0.222. The Bertz CT molecular complexity index is 742. The lowest BCUT2D eigenvalue weighted by atomic mass is 10.2. The van der Waals surface area contributed by atoms with E-state index in [0.29, 0.717) is 28.3 Å². The van der Waals surface area contributed by atoms with Crippen molar-refractivity contribution in [1.29, 1.82) is 0 Å². The predicted octanol–water partition coefficient (Wildman–Crippen LogP) is 3.02. The molecule has 6 nitrogen and oxygen atoms in total. The molecule has 0 bridgehead atoms. The maximum Gasteiger partial charge on any atom is 0.338 e. The molecule has 126 valence electrons. The van der Waals surface area contributed by atoms with Crippen molar-refractivity contribution in [2.45, 2.75) is 13.5 Å². The molecule has 1 N–H and O–H groups in total. The quantitative estimate of drug-likeness (QED) is 0.825. The number of carbonyl (C=O) groups excluding carboxylic acids is 2. The second kappa shape index (κ2) is 8.01. The summed E-state index contributed by atoms with van der Waals surface area (Å²) >= 11 is 0. The number of methoxy groups -OCH3 is 2. The first kappa shape index (κ1) is 17.3. The number of nitrogens with one attached hydrogen (secondary N) is 1. The highest BCUT2D eigenvalue weighted by Gasteiger charge is 2.11. The zero-order valence-corrected chi connectivity index (χ0v) is 13.8. The Hall–Kier alpha value is -3.02. The minimum atomic E-state index is -0.493. The van der Waals surface area contributed by atoms with Crippen molar-refractivity contribution in [3.05, 3.63) is 53.6 Å². The van der Waals surface area contributed by atoms with Gasteiger partial charge in [0.25, 0.3) is 0 Å². The summed E-state index contributed by atoms with van der Waals surface area (Å²) in [5.74, 6) is 0.554. The third kappa shape index (κ3) is 4.49. The maximum absolute atomic E-state index is 12.2. The largest absolute Gasteiger partial charge is 0.497 e. The summed E-state index contributed by atoms with van der Waals surface area (Å²) in [4.78, 5) is 23.3. The van der Waals surface area contributed by atoms with Gasteiger partial charge in [-0.15, -0.1) is 0 Å². The molecule has 0 saturated carbocycles. The van der Waals surface area contributed by atoms with Crippen molar-refractivity contribution in [3.8, 4) is 11.5 Å². The van der Waals surface area contributed by atoms with E-state index in [0.717, 1.165) is 0 Å². The fourth-order valence-electron chi connectivity index (χ4n) is 2.15. The molecular formula is C18H19NO5. The topological polar surface area (TPSA) is 73.9 Å². The van der Waals surface area contributed by atoms with E-state index in [4.69, 9.17) is 14.2 Å². The average molecular weight is 329 g/mol. The number of benzene rings is 2. The van der Waals surface area contributed by atoms with Crippen LogP contribution < -0.4 is 14.8 Å². The standard InChI is InChI=1S/C18H19NO5/c1-12(20)19-15-6-4-5-13(9-15)18(21)24-11-14-10-16(22-2)7-8-17(14)23-3/h4-10H,11H2,1-3H3,(H,19,20). The second-order valence-corrected chi connectivity index (χ2v) is 5.02. The van der Waals surface area contributed by atoms with Crippen LogP contribution in [-0.2, 0) is 16.1 Å². The molecule has 0 radical (unpaired) electrons. The molecule has 0 heterocycles. The number of anilines is 1. The first-order chi connectivity index (χ1) is 11.5. The minimum absolute atomic E-state index is 0.0452. The zero-order chi connectivity index (χ0) is 17.5. The van der Waals surface area contributed by atoms with Crippen molar-refractivity contribution >= 4 is 17.6 Å². The number of esters is 1. The van der Waals surface area contributed by atoms with E-state index in [2.05, 4.69) is 5.32 Å². The molecule has 24 heavy (non-hydrogen) atoms. The lowest BCUT2D eigenvalue weighted by Crippen LogP contribution is -2.09. The highest BCUT2D eigenvalue weighted by atomic mass is 16.5.